The standard InChI is InChI=1S/C22H19BrClNO5S/c1-15-3-12-21(20(23)13-15)30-14-22(26)25(17-6-8-18(29-2)9-7-17)31(27,28)19-10-4-16(24)5-11-19/h3-13H,14H2,1-2H3. The van der Waals surface area contributed by atoms with Gasteiger partial charge in [-0.1, -0.05) is 17.7 Å². The van der Waals surface area contributed by atoms with Crippen molar-refractivity contribution in [1.29, 1.82) is 0 Å². The Bertz CT molecular complexity index is 1180. The minimum absolute atomic E-state index is 0.0717. The molecular weight excluding hydrogens is 506 g/mol. The fraction of sp³-hybridized carbons (Fsp3) is 0.136. The summed E-state index contributed by atoms with van der Waals surface area (Å²) in [6, 6.07) is 17.1. The number of anilines is 1. The summed E-state index contributed by atoms with van der Waals surface area (Å²) in [6.07, 6.45) is 0. The Hall–Kier alpha value is -2.55. The maximum Gasteiger partial charge on any atom is 0.278 e. The first-order chi connectivity index (χ1) is 14.7. The Morgan fingerprint density at radius 3 is 2.26 bits per heavy atom. The second-order valence-corrected chi connectivity index (χ2v) is 9.62. The van der Waals surface area contributed by atoms with Gasteiger partial charge in [-0.2, -0.15) is 4.31 Å². The molecule has 0 saturated heterocycles. The molecule has 0 saturated carbocycles. The third-order valence-electron chi connectivity index (χ3n) is 4.32. The highest BCUT2D eigenvalue weighted by Crippen LogP contribution is 2.29. The van der Waals surface area contributed by atoms with Gasteiger partial charge in [0.1, 0.15) is 11.5 Å². The number of halogens is 2. The van der Waals surface area contributed by atoms with Crippen molar-refractivity contribution in [3.63, 3.8) is 0 Å². The van der Waals surface area contributed by atoms with Gasteiger partial charge in [-0.15, -0.1) is 0 Å². The molecule has 0 aromatic heterocycles. The molecule has 0 heterocycles. The molecule has 9 heteroatoms. The van der Waals surface area contributed by atoms with Crippen LogP contribution < -0.4 is 13.8 Å². The van der Waals surface area contributed by atoms with Gasteiger partial charge < -0.3 is 9.47 Å². The Morgan fingerprint density at radius 1 is 1.03 bits per heavy atom. The van der Waals surface area contributed by atoms with Gasteiger partial charge in [-0.05, 0) is 89.1 Å². The molecule has 0 fully saturated rings. The largest absolute Gasteiger partial charge is 0.497 e. The summed E-state index contributed by atoms with van der Waals surface area (Å²) in [4.78, 5) is 13.0. The maximum atomic E-state index is 13.3. The van der Waals surface area contributed by atoms with Crippen LogP contribution in [-0.2, 0) is 14.8 Å². The van der Waals surface area contributed by atoms with Crippen LogP contribution in [0.15, 0.2) is 76.1 Å². The number of ether oxygens (including phenoxy) is 2. The smallest absolute Gasteiger partial charge is 0.278 e. The average Bonchev–Trinajstić information content (AvgIpc) is 2.74. The molecule has 3 aromatic rings. The van der Waals surface area contributed by atoms with Crippen molar-refractivity contribution in [2.75, 3.05) is 18.0 Å². The number of methoxy groups -OCH3 is 1. The Kier molecular flexibility index (Phi) is 7.25. The molecule has 3 rings (SSSR count). The molecule has 0 aliphatic carbocycles. The van der Waals surface area contributed by atoms with Crippen molar-refractivity contribution >= 4 is 49.1 Å². The lowest BCUT2D eigenvalue weighted by atomic mass is 10.2. The van der Waals surface area contributed by atoms with Gasteiger partial charge in [0, 0.05) is 5.02 Å². The number of amides is 1. The molecule has 0 radical (unpaired) electrons. The number of carbonyl (C=O) groups is 1. The number of benzene rings is 3. The lowest BCUT2D eigenvalue weighted by molar-refractivity contribution is -0.119. The third-order valence-corrected chi connectivity index (χ3v) is 6.96. The van der Waals surface area contributed by atoms with Crippen LogP contribution in [0.2, 0.25) is 5.02 Å². The van der Waals surface area contributed by atoms with Gasteiger partial charge in [-0.25, -0.2) is 8.42 Å². The molecule has 0 spiro atoms. The van der Waals surface area contributed by atoms with Crippen LogP contribution in [0.5, 0.6) is 11.5 Å². The van der Waals surface area contributed by atoms with E-state index < -0.39 is 22.5 Å². The van der Waals surface area contributed by atoms with E-state index in [2.05, 4.69) is 15.9 Å². The molecule has 3 aromatic carbocycles. The number of sulfonamides is 1. The lowest BCUT2D eigenvalue weighted by Gasteiger charge is -2.23. The number of hydrogen-bond donors (Lipinski definition) is 0. The molecule has 0 atom stereocenters. The third kappa shape index (κ3) is 5.39. The topological polar surface area (TPSA) is 72.9 Å². The highest BCUT2D eigenvalue weighted by molar-refractivity contribution is 9.10. The van der Waals surface area contributed by atoms with E-state index >= 15 is 0 Å². The van der Waals surface area contributed by atoms with Crippen LogP contribution >= 0.6 is 27.5 Å². The van der Waals surface area contributed by atoms with E-state index in [9.17, 15) is 13.2 Å². The number of aryl methyl sites for hydroxylation is 1. The van der Waals surface area contributed by atoms with Crippen molar-refractivity contribution < 1.29 is 22.7 Å². The van der Waals surface area contributed by atoms with Crippen LogP contribution in [0.4, 0.5) is 5.69 Å². The number of rotatable bonds is 7. The Balaban J connectivity index is 1.96. The Labute approximate surface area is 194 Å². The second-order valence-electron chi connectivity index (χ2n) is 6.54. The molecule has 31 heavy (non-hydrogen) atoms. The highest BCUT2D eigenvalue weighted by Gasteiger charge is 2.31. The molecule has 0 aliphatic heterocycles. The zero-order chi connectivity index (χ0) is 22.6. The molecule has 6 nitrogen and oxygen atoms in total. The molecule has 0 unspecified atom stereocenters. The lowest BCUT2D eigenvalue weighted by Crippen LogP contribution is -2.40. The van der Waals surface area contributed by atoms with E-state index in [4.69, 9.17) is 21.1 Å². The zero-order valence-electron chi connectivity index (χ0n) is 16.7. The second kappa shape index (κ2) is 9.72. The first-order valence-electron chi connectivity index (χ1n) is 9.09. The Morgan fingerprint density at radius 2 is 1.68 bits per heavy atom. The van der Waals surface area contributed by atoms with Crippen molar-refractivity contribution in [3.8, 4) is 11.5 Å². The molecule has 162 valence electrons. The van der Waals surface area contributed by atoms with E-state index in [1.54, 1.807) is 18.2 Å². The fourth-order valence-corrected chi connectivity index (χ4v) is 4.91. The predicted molar refractivity (Wildman–Crippen MR) is 123 cm³/mol. The summed E-state index contributed by atoms with van der Waals surface area (Å²) < 4.78 is 38.8. The van der Waals surface area contributed by atoms with Crippen LogP contribution in [0.3, 0.4) is 0 Å². The van der Waals surface area contributed by atoms with E-state index in [-0.39, 0.29) is 10.6 Å². The molecule has 1 amide bonds. The van der Waals surface area contributed by atoms with Crippen molar-refractivity contribution in [1.82, 2.24) is 0 Å². The normalized spacial score (nSPS) is 11.1. The first-order valence-corrected chi connectivity index (χ1v) is 11.7. The minimum atomic E-state index is -4.22. The number of nitrogens with zero attached hydrogens (tertiary/aromatic N) is 1. The van der Waals surface area contributed by atoms with Gasteiger partial charge in [0.05, 0.1) is 22.2 Å². The van der Waals surface area contributed by atoms with E-state index in [0.717, 1.165) is 9.87 Å². The predicted octanol–water partition coefficient (Wildman–Crippen LogP) is 5.22. The monoisotopic (exact) mass is 523 g/mol. The van der Waals surface area contributed by atoms with Gasteiger partial charge >= 0.3 is 0 Å². The van der Waals surface area contributed by atoms with E-state index in [1.165, 1.54) is 43.5 Å². The summed E-state index contributed by atoms with van der Waals surface area (Å²) in [6.45, 7) is 1.43. The van der Waals surface area contributed by atoms with Gasteiger partial charge in [0.2, 0.25) is 0 Å². The summed E-state index contributed by atoms with van der Waals surface area (Å²) in [7, 11) is -2.72. The first kappa shape index (κ1) is 23.1. The van der Waals surface area contributed by atoms with Gasteiger partial charge in [0.15, 0.2) is 6.61 Å². The molecular formula is C22H19BrClNO5S. The van der Waals surface area contributed by atoms with Crippen molar-refractivity contribution in [3.05, 3.63) is 81.8 Å². The number of hydrogen-bond acceptors (Lipinski definition) is 5. The summed E-state index contributed by atoms with van der Waals surface area (Å²) >= 11 is 9.27. The van der Waals surface area contributed by atoms with Crippen LogP contribution in [0, 0.1) is 6.92 Å². The quantitative estimate of drug-likeness (QED) is 0.424. The SMILES string of the molecule is COc1ccc(N(C(=O)COc2ccc(C)cc2Br)S(=O)(=O)c2ccc(Cl)cc2)cc1. The number of carbonyl (C=O) groups excluding carboxylic acids is 1. The van der Waals surface area contributed by atoms with Crippen LogP contribution in [-0.4, -0.2) is 28.0 Å². The molecule has 0 aliphatic rings. The van der Waals surface area contributed by atoms with E-state index in [0.29, 0.717) is 21.0 Å². The molecule has 0 N–H and O–H groups in total. The minimum Gasteiger partial charge on any atom is -0.497 e. The van der Waals surface area contributed by atoms with E-state index in [1.807, 2.05) is 19.1 Å². The van der Waals surface area contributed by atoms with Crippen LogP contribution in [0.1, 0.15) is 5.56 Å². The molecule has 0 bridgehead atoms. The zero-order valence-corrected chi connectivity index (χ0v) is 19.9. The van der Waals surface area contributed by atoms with Gasteiger partial charge in [-0.3, -0.25) is 4.79 Å². The van der Waals surface area contributed by atoms with Crippen LogP contribution in [0.25, 0.3) is 0 Å². The average molecular weight is 525 g/mol. The van der Waals surface area contributed by atoms with Crippen molar-refractivity contribution in [2.24, 2.45) is 0 Å². The highest BCUT2D eigenvalue weighted by atomic mass is 79.9. The summed E-state index contributed by atoms with van der Waals surface area (Å²) in [5, 5.41) is 0.383. The van der Waals surface area contributed by atoms with Gasteiger partial charge in [0.25, 0.3) is 15.9 Å². The fourth-order valence-electron chi connectivity index (χ4n) is 2.77. The van der Waals surface area contributed by atoms with Crippen molar-refractivity contribution in [2.45, 2.75) is 11.8 Å². The summed E-state index contributed by atoms with van der Waals surface area (Å²) in [5.41, 5.74) is 1.17. The summed E-state index contributed by atoms with van der Waals surface area (Å²) in [5.74, 6) is 0.199. The maximum absolute atomic E-state index is 13.3.